The van der Waals surface area contributed by atoms with Crippen LogP contribution in [0.2, 0.25) is 0 Å². The molecule has 1 N–H and O–H groups in total. The molecule has 11 nitrogen and oxygen atoms in total. The van der Waals surface area contributed by atoms with Crippen LogP contribution in [0.4, 0.5) is 20.7 Å². The Balaban J connectivity index is 0.00000102. The van der Waals surface area contributed by atoms with Gasteiger partial charge in [0.15, 0.2) is 5.82 Å². The summed E-state index contributed by atoms with van der Waals surface area (Å²) < 4.78 is 54.1. The molecule has 1 aromatic carbocycles. The van der Waals surface area contributed by atoms with Crippen molar-refractivity contribution >= 4 is 29.2 Å². The lowest BCUT2D eigenvalue weighted by molar-refractivity contribution is -0.0957. The summed E-state index contributed by atoms with van der Waals surface area (Å²) in [5, 5.41) is 2.97. The summed E-state index contributed by atoms with van der Waals surface area (Å²) in [5.41, 5.74) is 0.767. The number of aryl methyl sites for hydroxylation is 1. The molecule has 3 fully saturated rings. The summed E-state index contributed by atoms with van der Waals surface area (Å²) in [4.78, 5) is 23.1. The van der Waals surface area contributed by atoms with Gasteiger partial charge in [-0.15, -0.1) is 0 Å². The number of methoxy groups -OCH3 is 1. The van der Waals surface area contributed by atoms with E-state index < -0.39 is 17.4 Å². The number of aromatic nitrogens is 2. The first kappa shape index (κ1) is 26.7. The van der Waals surface area contributed by atoms with Crippen molar-refractivity contribution < 1.29 is 36.6 Å². The van der Waals surface area contributed by atoms with Crippen LogP contribution in [0.25, 0.3) is 0 Å². The van der Waals surface area contributed by atoms with E-state index >= 15 is 0 Å². The fraction of sp³-hybridized carbons (Fsp3) is 0.542. The maximum Gasteiger partial charge on any atom is 0.410 e. The minimum Gasteiger partial charge on any atom is -0.489 e. The second kappa shape index (κ2) is 11.4. The molecule has 200 valence electrons. The Bertz CT molecular complexity index is 1160. The van der Waals surface area contributed by atoms with E-state index in [1.54, 1.807) is 12.1 Å². The van der Waals surface area contributed by atoms with E-state index in [4.69, 9.17) is 27.4 Å². The molecule has 0 spiro atoms. The highest BCUT2D eigenvalue weighted by atomic mass is 32.1. The van der Waals surface area contributed by atoms with Gasteiger partial charge in [0.25, 0.3) is 5.88 Å². The van der Waals surface area contributed by atoms with Gasteiger partial charge < -0.3 is 24.3 Å². The van der Waals surface area contributed by atoms with E-state index in [0.29, 0.717) is 31.9 Å². The number of ether oxygens (including phenoxy) is 4. The summed E-state index contributed by atoms with van der Waals surface area (Å²) in [6.07, 6.45) is 3.82. The minimum atomic E-state index is -0.750. The Morgan fingerprint density at radius 2 is 1.89 bits per heavy atom. The molecule has 3 heterocycles. The van der Waals surface area contributed by atoms with Crippen LogP contribution in [0.5, 0.6) is 11.6 Å². The second-order valence-electron chi connectivity index (χ2n) is 9.52. The van der Waals surface area contributed by atoms with Gasteiger partial charge in [0, 0.05) is 12.8 Å². The molecule has 3 aliphatic rings. The monoisotopic (exact) mass is 536 g/mol. The van der Waals surface area contributed by atoms with Gasteiger partial charge in [-0.3, -0.25) is 4.90 Å². The molecule has 37 heavy (non-hydrogen) atoms. The Morgan fingerprint density at radius 3 is 2.49 bits per heavy atom. The molecule has 0 radical (unpaired) electrons. The average molecular weight is 537 g/mol. The van der Waals surface area contributed by atoms with Crippen LogP contribution in [0, 0.1) is 12.7 Å². The molecule has 1 amide bonds. The zero-order chi connectivity index (χ0) is 26.6. The molecule has 2 bridgehead atoms. The van der Waals surface area contributed by atoms with E-state index in [1.165, 1.54) is 19.5 Å². The molecule has 5 rings (SSSR count). The zero-order valence-electron chi connectivity index (χ0n) is 20.8. The highest BCUT2D eigenvalue weighted by Crippen LogP contribution is 2.41. The van der Waals surface area contributed by atoms with Gasteiger partial charge in [0.1, 0.15) is 23.8 Å². The Labute approximate surface area is 217 Å². The molecule has 2 saturated heterocycles. The van der Waals surface area contributed by atoms with Crippen molar-refractivity contribution in [1.82, 2.24) is 14.9 Å². The summed E-state index contributed by atoms with van der Waals surface area (Å²) in [6.45, 7) is 4.65. The van der Waals surface area contributed by atoms with Crippen LogP contribution in [-0.2, 0) is 21.0 Å². The number of anilines is 2. The van der Waals surface area contributed by atoms with E-state index in [9.17, 15) is 9.18 Å². The van der Waals surface area contributed by atoms with Crippen molar-refractivity contribution in [2.24, 2.45) is 0 Å². The van der Waals surface area contributed by atoms with Gasteiger partial charge >= 0.3 is 17.7 Å². The van der Waals surface area contributed by atoms with Crippen LogP contribution in [0.3, 0.4) is 0 Å². The largest absolute Gasteiger partial charge is 0.489 e. The van der Waals surface area contributed by atoms with Crippen LogP contribution in [0.15, 0.2) is 24.5 Å². The minimum absolute atomic E-state index is 0.139. The first-order valence-corrected chi connectivity index (χ1v) is 12.5. The molecule has 2 aliphatic heterocycles. The highest BCUT2D eigenvalue weighted by Gasteiger charge is 2.48. The van der Waals surface area contributed by atoms with Crippen molar-refractivity contribution in [1.29, 1.82) is 0 Å². The lowest BCUT2D eigenvalue weighted by atomic mass is 9.92. The van der Waals surface area contributed by atoms with Gasteiger partial charge in [-0.2, -0.15) is 13.4 Å². The van der Waals surface area contributed by atoms with E-state index in [1.807, 2.05) is 18.7 Å². The number of carbonyl (C=O) groups excluding carboxylic acids is 1. The molecule has 13 heteroatoms. The van der Waals surface area contributed by atoms with Crippen molar-refractivity contribution in [2.45, 2.75) is 63.3 Å². The predicted molar refractivity (Wildman–Crippen MR) is 130 cm³/mol. The summed E-state index contributed by atoms with van der Waals surface area (Å²) >= 11 is -0.750. The van der Waals surface area contributed by atoms with Crippen LogP contribution in [-0.4, -0.2) is 73.5 Å². The Hall–Kier alpha value is -3.32. The predicted octanol–water partition coefficient (Wildman–Crippen LogP) is 3.31. The number of benzene rings is 1. The third kappa shape index (κ3) is 6.34. The van der Waals surface area contributed by atoms with Gasteiger partial charge in [0.2, 0.25) is 5.75 Å². The molecule has 1 aliphatic carbocycles. The fourth-order valence-corrected chi connectivity index (χ4v) is 4.52. The molecule has 2 aromatic rings. The number of piperidine rings is 1. The summed E-state index contributed by atoms with van der Waals surface area (Å²) in [5.74, 6) is 0.457. The molecule has 1 saturated carbocycles. The van der Waals surface area contributed by atoms with Crippen LogP contribution < -0.4 is 14.8 Å². The molecular formula is C24H29FN4O7S. The number of carbonyl (C=O) groups is 1. The topological polar surface area (TPSA) is 129 Å². The summed E-state index contributed by atoms with van der Waals surface area (Å²) in [7, 11) is 1.49. The molecular weight excluding hydrogens is 507 g/mol. The Morgan fingerprint density at radius 1 is 1.22 bits per heavy atom. The van der Waals surface area contributed by atoms with Gasteiger partial charge in [0.05, 0.1) is 38.1 Å². The maximum absolute atomic E-state index is 14.4. The number of nitrogens with one attached hydrogen (secondary N) is 1. The van der Waals surface area contributed by atoms with Gasteiger partial charge in [-0.1, -0.05) is 6.07 Å². The lowest BCUT2D eigenvalue weighted by Gasteiger charge is -2.47. The highest BCUT2D eigenvalue weighted by molar-refractivity contribution is 7.51. The zero-order valence-corrected chi connectivity index (χ0v) is 21.6. The number of hydrogen-bond acceptors (Lipinski definition) is 10. The number of amides is 1. The molecule has 2 unspecified atom stereocenters. The summed E-state index contributed by atoms with van der Waals surface area (Å²) in [6, 6.07) is 4.61. The van der Waals surface area contributed by atoms with Crippen molar-refractivity contribution in [2.75, 3.05) is 25.6 Å². The van der Waals surface area contributed by atoms with Crippen molar-refractivity contribution in [3.63, 3.8) is 0 Å². The van der Waals surface area contributed by atoms with E-state index in [-0.39, 0.29) is 47.2 Å². The number of rotatable bonds is 6. The average Bonchev–Trinajstić information content (AvgIpc) is 3.57. The third-order valence-corrected chi connectivity index (χ3v) is 6.61. The van der Waals surface area contributed by atoms with E-state index in [2.05, 4.69) is 15.3 Å². The van der Waals surface area contributed by atoms with Crippen molar-refractivity contribution in [3.8, 4) is 11.6 Å². The maximum atomic E-state index is 14.4. The quantitative estimate of drug-likeness (QED) is 0.587. The van der Waals surface area contributed by atoms with Crippen molar-refractivity contribution in [3.05, 3.63) is 35.9 Å². The number of morpholine rings is 1. The SMILES string of the molecule is COc1c(Nc2ccc(C)cc2F)ncnc1OC1CC2COCC(C1)N2C(=O)OC1(C)CC1.O=S=O. The molecule has 2 atom stereocenters. The van der Waals surface area contributed by atoms with Crippen LogP contribution in [0.1, 0.15) is 38.2 Å². The fourth-order valence-electron chi connectivity index (χ4n) is 4.52. The number of hydrogen-bond donors (Lipinski definition) is 1. The first-order chi connectivity index (χ1) is 17.8. The van der Waals surface area contributed by atoms with Crippen LogP contribution >= 0.6 is 0 Å². The third-order valence-electron chi connectivity index (χ3n) is 6.61. The van der Waals surface area contributed by atoms with Gasteiger partial charge in [-0.05, 0) is 44.4 Å². The van der Waals surface area contributed by atoms with Gasteiger partial charge in [-0.25, -0.2) is 14.2 Å². The first-order valence-electron chi connectivity index (χ1n) is 11.9. The number of halogens is 1. The number of nitrogens with zero attached hydrogens (tertiary/aromatic N) is 3. The smallest absolute Gasteiger partial charge is 0.410 e. The van der Waals surface area contributed by atoms with E-state index in [0.717, 1.165) is 18.4 Å². The standard InChI is InChI=1S/C24H29FN4O5.O2S/c1-14-4-5-19(18(25)8-14)28-21-20(31-3)22(27-13-26-21)33-17-9-15-11-32-12-16(10-17)29(15)23(30)34-24(2)6-7-24;1-3-2/h4-5,8,13,15-17H,6-7,9-12H2,1-3H3,(H,26,27,28);. The number of fused-ring (bicyclic) bond motifs is 2. The lowest BCUT2D eigenvalue weighted by Crippen LogP contribution is -2.61. The second-order valence-corrected chi connectivity index (χ2v) is 9.65. The normalized spacial score (nSPS) is 23.1. The Kier molecular flexibility index (Phi) is 8.22. The molecule has 1 aromatic heterocycles.